The zero-order valence-corrected chi connectivity index (χ0v) is 12.8. The number of rotatable bonds is 3. The first-order valence-electron chi connectivity index (χ1n) is 6.49. The van der Waals surface area contributed by atoms with Crippen LogP contribution in [-0.2, 0) is 6.42 Å². The molecule has 5 nitrogen and oxygen atoms in total. The predicted octanol–water partition coefficient (Wildman–Crippen LogP) is 2.74. The molecule has 0 atom stereocenters. The number of hydrogen-bond donors (Lipinski definition) is 1. The third kappa shape index (κ3) is 2.41. The average Bonchev–Trinajstić information content (AvgIpc) is 2.91. The Bertz CT molecular complexity index is 926. The number of H-pyrrole nitrogens is 1. The second-order valence-electron chi connectivity index (χ2n) is 4.62. The van der Waals surface area contributed by atoms with E-state index in [1.54, 1.807) is 23.7 Å². The molecule has 1 N–H and O–H groups in total. The quantitative estimate of drug-likeness (QED) is 0.754. The summed E-state index contributed by atoms with van der Waals surface area (Å²) in [6, 6.07) is 5.29. The summed E-state index contributed by atoms with van der Waals surface area (Å²) >= 11 is 7.43. The Kier molecular flexibility index (Phi) is 3.65. The van der Waals surface area contributed by atoms with Gasteiger partial charge < -0.3 is 0 Å². The van der Waals surface area contributed by atoms with E-state index < -0.39 is 5.69 Å². The summed E-state index contributed by atoms with van der Waals surface area (Å²) in [5, 5.41) is 0.127. The van der Waals surface area contributed by atoms with Crippen molar-refractivity contribution in [3.63, 3.8) is 0 Å². The standard InChI is InChI=1S/C14H12ClN3O2S/c1-2-3-9-12(15)17-14(20)18(13(9)19)8-4-5-10-11(6-8)21-7-16-10/h4-7H,2-3H2,1H3,(H,17,20). The molecular weight excluding hydrogens is 310 g/mol. The number of nitrogens with zero attached hydrogens (tertiary/aromatic N) is 2. The molecule has 3 aromatic rings. The minimum Gasteiger partial charge on any atom is -0.297 e. The third-order valence-corrected chi connectivity index (χ3v) is 4.33. The fourth-order valence-corrected chi connectivity index (χ4v) is 3.20. The van der Waals surface area contributed by atoms with Gasteiger partial charge in [-0.1, -0.05) is 24.9 Å². The van der Waals surface area contributed by atoms with Gasteiger partial charge in [-0.2, -0.15) is 0 Å². The summed E-state index contributed by atoms with van der Waals surface area (Å²) in [5.41, 5.74) is 2.63. The van der Waals surface area contributed by atoms with Crippen molar-refractivity contribution >= 4 is 33.2 Å². The Hall–Kier alpha value is -1.92. The average molecular weight is 322 g/mol. The maximum Gasteiger partial charge on any atom is 0.334 e. The molecule has 0 spiro atoms. The molecule has 3 rings (SSSR count). The lowest BCUT2D eigenvalue weighted by Crippen LogP contribution is -2.36. The second-order valence-corrected chi connectivity index (χ2v) is 5.88. The van der Waals surface area contributed by atoms with Crippen LogP contribution in [0.25, 0.3) is 15.9 Å². The molecule has 2 aromatic heterocycles. The molecule has 0 saturated heterocycles. The van der Waals surface area contributed by atoms with Gasteiger partial charge in [-0.25, -0.2) is 14.3 Å². The van der Waals surface area contributed by atoms with Crippen LogP contribution in [0.4, 0.5) is 0 Å². The fourth-order valence-electron chi connectivity index (χ4n) is 2.23. The van der Waals surface area contributed by atoms with Gasteiger partial charge in [-0.05, 0) is 24.6 Å². The molecule has 108 valence electrons. The zero-order chi connectivity index (χ0) is 15.0. The van der Waals surface area contributed by atoms with E-state index in [9.17, 15) is 9.59 Å². The molecule has 0 amide bonds. The summed E-state index contributed by atoms with van der Waals surface area (Å²) in [5.74, 6) is 0. The van der Waals surface area contributed by atoms with E-state index in [-0.39, 0.29) is 10.7 Å². The number of aromatic nitrogens is 3. The van der Waals surface area contributed by atoms with E-state index in [0.29, 0.717) is 17.7 Å². The van der Waals surface area contributed by atoms with Gasteiger partial charge in [0.25, 0.3) is 5.56 Å². The molecule has 1 aromatic carbocycles. The van der Waals surface area contributed by atoms with Crippen molar-refractivity contribution in [2.24, 2.45) is 0 Å². The normalized spacial score (nSPS) is 11.1. The topological polar surface area (TPSA) is 67.8 Å². The van der Waals surface area contributed by atoms with Gasteiger partial charge in [0, 0.05) is 0 Å². The van der Waals surface area contributed by atoms with E-state index in [4.69, 9.17) is 11.6 Å². The highest BCUT2D eigenvalue weighted by Gasteiger charge is 2.14. The Morgan fingerprint density at radius 1 is 1.38 bits per heavy atom. The first kappa shape index (κ1) is 14.0. The molecule has 0 bridgehead atoms. The van der Waals surface area contributed by atoms with Gasteiger partial charge >= 0.3 is 5.69 Å². The lowest BCUT2D eigenvalue weighted by Gasteiger charge is -2.08. The minimum absolute atomic E-state index is 0.127. The molecule has 0 fully saturated rings. The van der Waals surface area contributed by atoms with Gasteiger partial charge in [-0.3, -0.25) is 9.78 Å². The van der Waals surface area contributed by atoms with Gasteiger partial charge in [0.2, 0.25) is 0 Å². The summed E-state index contributed by atoms with van der Waals surface area (Å²) in [6.45, 7) is 1.95. The maximum absolute atomic E-state index is 12.5. The fraction of sp³-hybridized carbons (Fsp3) is 0.214. The first-order chi connectivity index (χ1) is 10.1. The first-order valence-corrected chi connectivity index (χ1v) is 7.75. The van der Waals surface area contributed by atoms with Crippen LogP contribution in [0.5, 0.6) is 0 Å². The van der Waals surface area contributed by atoms with E-state index in [1.807, 2.05) is 6.92 Å². The molecule has 7 heteroatoms. The SMILES string of the molecule is CCCc1c(Cl)[nH]c(=O)n(-c2ccc3ncsc3c2)c1=O. The highest BCUT2D eigenvalue weighted by atomic mass is 35.5. The van der Waals surface area contributed by atoms with Gasteiger partial charge in [0.05, 0.1) is 27.0 Å². The molecular formula is C14H12ClN3O2S. The molecule has 0 unspecified atom stereocenters. The molecule has 21 heavy (non-hydrogen) atoms. The van der Waals surface area contributed by atoms with Crippen molar-refractivity contribution in [1.29, 1.82) is 0 Å². The Morgan fingerprint density at radius 2 is 2.19 bits per heavy atom. The van der Waals surface area contributed by atoms with E-state index in [1.165, 1.54) is 11.3 Å². The summed E-state index contributed by atoms with van der Waals surface area (Å²) < 4.78 is 2.04. The van der Waals surface area contributed by atoms with Crippen molar-refractivity contribution in [3.8, 4) is 5.69 Å². The van der Waals surface area contributed by atoms with Crippen LogP contribution < -0.4 is 11.2 Å². The number of aromatic amines is 1. The highest BCUT2D eigenvalue weighted by Crippen LogP contribution is 2.20. The number of fused-ring (bicyclic) bond motifs is 1. The predicted molar refractivity (Wildman–Crippen MR) is 84.8 cm³/mol. The van der Waals surface area contributed by atoms with Crippen molar-refractivity contribution in [2.75, 3.05) is 0 Å². The van der Waals surface area contributed by atoms with Crippen molar-refractivity contribution < 1.29 is 0 Å². The van der Waals surface area contributed by atoms with Gasteiger partial charge in [0.15, 0.2) is 0 Å². The van der Waals surface area contributed by atoms with Crippen LogP contribution in [0.2, 0.25) is 5.15 Å². The smallest absolute Gasteiger partial charge is 0.297 e. The van der Waals surface area contributed by atoms with E-state index >= 15 is 0 Å². The van der Waals surface area contributed by atoms with Crippen molar-refractivity contribution in [1.82, 2.24) is 14.5 Å². The molecule has 2 heterocycles. The van der Waals surface area contributed by atoms with Crippen molar-refractivity contribution in [3.05, 3.63) is 55.3 Å². The summed E-state index contributed by atoms with van der Waals surface area (Å²) in [4.78, 5) is 31.3. The number of thiazole rings is 1. The van der Waals surface area contributed by atoms with Crippen LogP contribution in [0, 0.1) is 0 Å². The number of nitrogens with one attached hydrogen (secondary N) is 1. The minimum atomic E-state index is -0.534. The third-order valence-electron chi connectivity index (χ3n) is 3.22. The number of halogens is 1. The molecule has 0 radical (unpaired) electrons. The van der Waals surface area contributed by atoms with E-state index in [2.05, 4.69) is 9.97 Å². The van der Waals surface area contributed by atoms with Crippen LogP contribution in [0.3, 0.4) is 0 Å². The lowest BCUT2D eigenvalue weighted by atomic mass is 10.2. The van der Waals surface area contributed by atoms with Crippen LogP contribution in [-0.4, -0.2) is 14.5 Å². The van der Waals surface area contributed by atoms with Gasteiger partial charge in [-0.15, -0.1) is 11.3 Å². The Morgan fingerprint density at radius 3 is 2.95 bits per heavy atom. The number of hydrogen-bond acceptors (Lipinski definition) is 4. The largest absolute Gasteiger partial charge is 0.334 e. The summed E-state index contributed by atoms with van der Waals surface area (Å²) in [6.07, 6.45) is 1.30. The molecule has 0 aliphatic heterocycles. The Labute approximate surface area is 128 Å². The molecule has 0 saturated carbocycles. The monoisotopic (exact) mass is 321 g/mol. The lowest BCUT2D eigenvalue weighted by molar-refractivity contribution is 0.812. The van der Waals surface area contributed by atoms with Crippen LogP contribution in [0.15, 0.2) is 33.3 Å². The van der Waals surface area contributed by atoms with Crippen LogP contribution >= 0.6 is 22.9 Å². The molecule has 0 aliphatic carbocycles. The van der Waals surface area contributed by atoms with Crippen LogP contribution in [0.1, 0.15) is 18.9 Å². The molecule has 0 aliphatic rings. The second kappa shape index (κ2) is 5.46. The van der Waals surface area contributed by atoms with E-state index in [0.717, 1.165) is 21.2 Å². The number of benzene rings is 1. The van der Waals surface area contributed by atoms with Crippen molar-refractivity contribution in [2.45, 2.75) is 19.8 Å². The highest BCUT2D eigenvalue weighted by molar-refractivity contribution is 7.16. The Balaban J connectivity index is 2.28. The summed E-state index contributed by atoms with van der Waals surface area (Å²) in [7, 11) is 0. The zero-order valence-electron chi connectivity index (χ0n) is 11.2. The maximum atomic E-state index is 12.5. The van der Waals surface area contributed by atoms with Gasteiger partial charge in [0.1, 0.15) is 5.15 Å².